The van der Waals surface area contributed by atoms with Crippen molar-refractivity contribution in [3.05, 3.63) is 47.5 Å². The van der Waals surface area contributed by atoms with Crippen molar-refractivity contribution in [2.24, 2.45) is 0 Å². The lowest BCUT2D eigenvalue weighted by atomic mass is 10.2. The number of rotatable bonds is 8. The van der Waals surface area contributed by atoms with E-state index in [9.17, 15) is 8.42 Å². The van der Waals surface area contributed by atoms with Gasteiger partial charge < -0.3 is 13.9 Å². The van der Waals surface area contributed by atoms with Crippen LogP contribution in [0.3, 0.4) is 0 Å². The van der Waals surface area contributed by atoms with E-state index < -0.39 is 10.0 Å². The van der Waals surface area contributed by atoms with Crippen LogP contribution < -0.4 is 9.47 Å². The molecule has 4 rings (SSSR count). The standard InChI is InChI=1S/C21H21N3O5S3/c1-24(2)32(25,26)15-6-8-17-16(10-15)23-21(29-17)31-12-14-11-30-20(22-14)13-5-7-18(27-3)19(9-13)28-4/h5-11H,12H2,1-4H3. The maximum absolute atomic E-state index is 12.3. The van der Waals surface area contributed by atoms with Crippen LogP contribution in [0.1, 0.15) is 5.69 Å². The number of oxazole rings is 1. The molecule has 0 aliphatic heterocycles. The quantitative estimate of drug-likeness (QED) is 0.332. The molecule has 0 fully saturated rings. The third-order valence-corrected chi connectivity index (χ3v) is 8.26. The van der Waals surface area contributed by atoms with E-state index in [1.54, 1.807) is 20.3 Å². The Labute approximate surface area is 194 Å². The Morgan fingerprint density at radius 1 is 1.06 bits per heavy atom. The molecule has 0 unspecified atom stereocenters. The SMILES string of the molecule is COc1ccc(-c2nc(CSc3nc4cc(S(=O)(=O)N(C)C)ccc4o3)cs2)cc1OC. The number of methoxy groups -OCH3 is 2. The van der Waals surface area contributed by atoms with E-state index in [4.69, 9.17) is 18.9 Å². The molecule has 2 aromatic carbocycles. The number of hydrogen-bond acceptors (Lipinski definition) is 9. The molecule has 168 valence electrons. The Kier molecular flexibility index (Phi) is 6.42. The third-order valence-electron chi connectivity index (χ3n) is 4.64. The molecule has 4 aromatic rings. The molecule has 0 saturated carbocycles. The average molecular weight is 492 g/mol. The lowest BCUT2D eigenvalue weighted by Gasteiger charge is -2.10. The van der Waals surface area contributed by atoms with Crippen molar-refractivity contribution in [1.82, 2.24) is 14.3 Å². The molecule has 2 aromatic heterocycles. The number of hydrogen-bond donors (Lipinski definition) is 0. The highest BCUT2D eigenvalue weighted by atomic mass is 32.2. The van der Waals surface area contributed by atoms with E-state index in [0.717, 1.165) is 16.3 Å². The van der Waals surface area contributed by atoms with E-state index in [1.165, 1.54) is 53.6 Å². The fourth-order valence-electron chi connectivity index (χ4n) is 2.93. The normalized spacial score (nSPS) is 11.9. The predicted molar refractivity (Wildman–Crippen MR) is 125 cm³/mol. The highest BCUT2D eigenvalue weighted by Crippen LogP contribution is 2.35. The van der Waals surface area contributed by atoms with Gasteiger partial charge in [0.25, 0.3) is 5.22 Å². The van der Waals surface area contributed by atoms with Crippen LogP contribution in [0.15, 0.2) is 56.3 Å². The van der Waals surface area contributed by atoms with Gasteiger partial charge in [-0.05, 0) is 36.4 Å². The molecule has 32 heavy (non-hydrogen) atoms. The Bertz CT molecular complexity index is 1360. The van der Waals surface area contributed by atoms with Crippen molar-refractivity contribution in [2.45, 2.75) is 15.9 Å². The second kappa shape index (κ2) is 9.10. The van der Waals surface area contributed by atoms with Gasteiger partial charge >= 0.3 is 0 Å². The van der Waals surface area contributed by atoms with Crippen LogP contribution >= 0.6 is 23.1 Å². The van der Waals surface area contributed by atoms with Gasteiger partial charge in [0.1, 0.15) is 10.5 Å². The summed E-state index contributed by atoms with van der Waals surface area (Å²) in [5, 5.41) is 3.32. The van der Waals surface area contributed by atoms with Crippen LogP contribution in [-0.2, 0) is 15.8 Å². The number of thiazole rings is 1. The third kappa shape index (κ3) is 4.46. The van der Waals surface area contributed by atoms with E-state index >= 15 is 0 Å². The highest BCUT2D eigenvalue weighted by Gasteiger charge is 2.19. The minimum absolute atomic E-state index is 0.180. The molecule has 0 atom stereocenters. The smallest absolute Gasteiger partial charge is 0.257 e. The summed E-state index contributed by atoms with van der Waals surface area (Å²) in [6.45, 7) is 0. The van der Waals surface area contributed by atoms with E-state index in [2.05, 4.69) is 4.98 Å². The number of ether oxygens (including phenoxy) is 2. The average Bonchev–Trinajstić information content (AvgIpc) is 3.43. The zero-order valence-electron chi connectivity index (χ0n) is 17.9. The highest BCUT2D eigenvalue weighted by molar-refractivity contribution is 7.98. The van der Waals surface area contributed by atoms with Gasteiger partial charge in [-0.15, -0.1) is 11.3 Å². The zero-order valence-corrected chi connectivity index (χ0v) is 20.3. The molecule has 2 heterocycles. The van der Waals surface area contributed by atoms with E-state index in [0.29, 0.717) is 33.6 Å². The van der Waals surface area contributed by atoms with Crippen molar-refractivity contribution in [1.29, 1.82) is 0 Å². The summed E-state index contributed by atoms with van der Waals surface area (Å²) >= 11 is 2.94. The van der Waals surface area contributed by atoms with Gasteiger partial charge in [-0.25, -0.2) is 22.7 Å². The van der Waals surface area contributed by atoms with Crippen LogP contribution in [0.4, 0.5) is 0 Å². The largest absolute Gasteiger partial charge is 0.493 e. The van der Waals surface area contributed by atoms with Gasteiger partial charge in [0.15, 0.2) is 17.1 Å². The molecule has 0 spiro atoms. The first-order valence-corrected chi connectivity index (χ1v) is 12.7. The molecule has 0 radical (unpaired) electrons. The fourth-order valence-corrected chi connectivity index (χ4v) is 5.51. The van der Waals surface area contributed by atoms with Crippen LogP contribution in [0.5, 0.6) is 11.5 Å². The Balaban J connectivity index is 1.49. The lowest BCUT2D eigenvalue weighted by molar-refractivity contribution is 0.355. The molecule has 11 heteroatoms. The van der Waals surface area contributed by atoms with Gasteiger partial charge in [-0.1, -0.05) is 11.8 Å². The first-order chi connectivity index (χ1) is 15.3. The summed E-state index contributed by atoms with van der Waals surface area (Å²) in [6, 6.07) is 10.4. The Morgan fingerprint density at radius 3 is 2.56 bits per heavy atom. The van der Waals surface area contributed by atoms with Gasteiger partial charge in [0.05, 0.1) is 24.8 Å². The second-order valence-corrected chi connectivity index (χ2v) is 10.8. The molecule has 8 nitrogen and oxygen atoms in total. The van der Waals surface area contributed by atoms with Gasteiger partial charge in [0, 0.05) is 30.8 Å². The Hall–Kier alpha value is -2.60. The lowest BCUT2D eigenvalue weighted by Crippen LogP contribution is -2.22. The summed E-state index contributed by atoms with van der Waals surface area (Å²) in [4.78, 5) is 9.30. The number of benzene rings is 2. The molecule has 0 amide bonds. The number of aromatic nitrogens is 2. The van der Waals surface area contributed by atoms with Crippen LogP contribution in [-0.4, -0.2) is 51.0 Å². The van der Waals surface area contributed by atoms with Crippen LogP contribution in [0, 0.1) is 0 Å². The summed E-state index contributed by atoms with van der Waals surface area (Å²) < 4.78 is 42.2. The number of thioether (sulfide) groups is 1. The zero-order chi connectivity index (χ0) is 22.9. The van der Waals surface area contributed by atoms with Gasteiger partial charge in [0.2, 0.25) is 10.0 Å². The van der Waals surface area contributed by atoms with Crippen molar-refractivity contribution >= 4 is 44.2 Å². The van der Waals surface area contributed by atoms with Gasteiger partial charge in [-0.3, -0.25) is 0 Å². The number of sulfonamides is 1. The first-order valence-electron chi connectivity index (χ1n) is 9.44. The summed E-state index contributed by atoms with van der Waals surface area (Å²) in [5.41, 5.74) is 2.87. The van der Waals surface area contributed by atoms with Crippen molar-refractivity contribution in [3.63, 3.8) is 0 Å². The van der Waals surface area contributed by atoms with Crippen molar-refractivity contribution in [3.8, 4) is 22.1 Å². The monoisotopic (exact) mass is 491 g/mol. The van der Waals surface area contributed by atoms with Crippen molar-refractivity contribution < 1.29 is 22.3 Å². The molecule has 0 aliphatic carbocycles. The predicted octanol–water partition coefficient (Wildman–Crippen LogP) is 4.51. The molecule has 0 saturated heterocycles. The van der Waals surface area contributed by atoms with E-state index in [-0.39, 0.29) is 4.90 Å². The molecule has 0 aliphatic rings. The van der Waals surface area contributed by atoms with Crippen LogP contribution in [0.25, 0.3) is 21.7 Å². The number of fused-ring (bicyclic) bond motifs is 1. The molecule has 0 N–H and O–H groups in total. The topological polar surface area (TPSA) is 94.8 Å². The van der Waals surface area contributed by atoms with E-state index in [1.807, 2.05) is 23.6 Å². The van der Waals surface area contributed by atoms with Crippen LogP contribution in [0.2, 0.25) is 0 Å². The van der Waals surface area contributed by atoms with Gasteiger partial charge in [-0.2, -0.15) is 0 Å². The molecular weight excluding hydrogens is 470 g/mol. The summed E-state index contributed by atoms with van der Waals surface area (Å²) in [6.07, 6.45) is 0. The minimum atomic E-state index is -3.53. The Morgan fingerprint density at radius 2 is 1.84 bits per heavy atom. The molecule has 0 bridgehead atoms. The van der Waals surface area contributed by atoms with Crippen molar-refractivity contribution in [2.75, 3.05) is 28.3 Å². The minimum Gasteiger partial charge on any atom is -0.493 e. The number of nitrogens with zero attached hydrogens (tertiary/aromatic N) is 3. The maximum atomic E-state index is 12.3. The summed E-state index contributed by atoms with van der Waals surface area (Å²) in [5.74, 6) is 1.89. The fraction of sp³-hybridized carbons (Fsp3) is 0.238. The molecular formula is C21H21N3O5S3. The summed E-state index contributed by atoms with van der Waals surface area (Å²) in [7, 11) is 2.66. The first kappa shape index (κ1) is 22.6. The second-order valence-electron chi connectivity index (χ2n) is 6.90. The maximum Gasteiger partial charge on any atom is 0.257 e.